The molecule has 2 rings (SSSR count). The Labute approximate surface area is 128 Å². The third-order valence-electron chi connectivity index (χ3n) is 4.08. The van der Waals surface area contributed by atoms with Gasteiger partial charge < -0.3 is 9.84 Å². The van der Waals surface area contributed by atoms with Gasteiger partial charge in [-0.3, -0.25) is 4.90 Å². The van der Waals surface area contributed by atoms with Gasteiger partial charge in [-0.25, -0.2) is 0 Å². The van der Waals surface area contributed by atoms with Gasteiger partial charge in [-0.05, 0) is 30.7 Å². The van der Waals surface area contributed by atoms with Crippen molar-refractivity contribution in [3.63, 3.8) is 0 Å². The molecule has 0 bridgehead atoms. The summed E-state index contributed by atoms with van der Waals surface area (Å²) in [6.45, 7) is -1.55. The van der Waals surface area contributed by atoms with Gasteiger partial charge in [-0.1, -0.05) is 6.07 Å². The fraction of sp³-hybridized carbons (Fsp3) is 0.571. The summed E-state index contributed by atoms with van der Waals surface area (Å²) < 4.78 is 82.8. The van der Waals surface area contributed by atoms with Crippen LogP contribution in [0.15, 0.2) is 18.2 Å². The van der Waals surface area contributed by atoms with Gasteiger partial charge in [0.05, 0.1) is 7.11 Å². The van der Waals surface area contributed by atoms with Crippen LogP contribution in [0.2, 0.25) is 0 Å². The van der Waals surface area contributed by atoms with Crippen LogP contribution < -0.4 is 4.74 Å². The number of nitrogens with zero attached hydrogens (tertiary/aromatic N) is 1. The van der Waals surface area contributed by atoms with Gasteiger partial charge in [0, 0.05) is 13.1 Å². The fourth-order valence-corrected chi connectivity index (χ4v) is 2.73. The molecule has 0 amide bonds. The van der Waals surface area contributed by atoms with Gasteiger partial charge in [-0.15, -0.1) is 0 Å². The second kappa shape index (κ2) is 5.77. The normalized spacial score (nSPS) is 19.1. The first-order chi connectivity index (χ1) is 10.5. The molecule has 0 saturated carbocycles. The van der Waals surface area contributed by atoms with E-state index in [2.05, 4.69) is 0 Å². The number of phenolic OH excluding ortho intramolecular Hbond substituents is 1. The van der Waals surface area contributed by atoms with Crippen molar-refractivity contribution in [2.45, 2.75) is 25.3 Å². The lowest BCUT2D eigenvalue weighted by atomic mass is 9.85. The van der Waals surface area contributed by atoms with E-state index < -0.39 is 30.7 Å². The molecule has 1 heterocycles. The van der Waals surface area contributed by atoms with Crippen molar-refractivity contribution >= 4 is 0 Å². The van der Waals surface area contributed by atoms with Crippen molar-refractivity contribution in [1.29, 1.82) is 0 Å². The van der Waals surface area contributed by atoms with E-state index >= 15 is 0 Å². The van der Waals surface area contributed by atoms with E-state index in [1.54, 1.807) is 0 Å². The highest BCUT2D eigenvalue weighted by molar-refractivity contribution is 5.41. The summed E-state index contributed by atoms with van der Waals surface area (Å²) in [6, 6.07) is 4.10. The third-order valence-corrected chi connectivity index (χ3v) is 4.08. The summed E-state index contributed by atoms with van der Waals surface area (Å²) in [7, 11) is 1.30. The number of alkyl halides is 6. The van der Waals surface area contributed by atoms with E-state index in [4.69, 9.17) is 4.74 Å². The van der Waals surface area contributed by atoms with Gasteiger partial charge in [0.15, 0.2) is 16.9 Å². The predicted octanol–water partition coefficient (Wildman–Crippen LogP) is 3.72. The molecular weight excluding hydrogens is 328 g/mol. The molecular formula is C14H15F6NO2. The lowest BCUT2D eigenvalue weighted by Crippen LogP contribution is -2.51. The predicted molar refractivity (Wildman–Crippen MR) is 69.1 cm³/mol. The highest BCUT2D eigenvalue weighted by Crippen LogP contribution is 2.55. The van der Waals surface area contributed by atoms with Crippen molar-refractivity contribution in [1.82, 2.24) is 4.90 Å². The average Bonchev–Trinajstić information content (AvgIpc) is 2.85. The molecule has 3 nitrogen and oxygen atoms in total. The smallest absolute Gasteiger partial charge is 0.404 e. The van der Waals surface area contributed by atoms with Crippen molar-refractivity contribution in [3.8, 4) is 11.5 Å². The van der Waals surface area contributed by atoms with E-state index in [0.717, 1.165) is 4.90 Å². The number of hydrogen-bond acceptors (Lipinski definition) is 3. The van der Waals surface area contributed by atoms with Crippen molar-refractivity contribution in [2.24, 2.45) is 5.41 Å². The molecule has 0 aliphatic carbocycles. The van der Waals surface area contributed by atoms with Crippen LogP contribution in [0.1, 0.15) is 12.0 Å². The largest absolute Gasteiger partial charge is 0.504 e. The average molecular weight is 343 g/mol. The van der Waals surface area contributed by atoms with Gasteiger partial charge in [0.2, 0.25) is 0 Å². The van der Waals surface area contributed by atoms with Gasteiger partial charge >= 0.3 is 12.4 Å². The molecule has 1 saturated heterocycles. The van der Waals surface area contributed by atoms with E-state index in [0.29, 0.717) is 5.56 Å². The minimum atomic E-state index is -5.35. The number of benzene rings is 1. The maximum Gasteiger partial charge on any atom is 0.404 e. The van der Waals surface area contributed by atoms with Crippen LogP contribution >= 0.6 is 0 Å². The summed E-state index contributed by atoms with van der Waals surface area (Å²) in [6.07, 6.45) is -11.7. The molecule has 0 unspecified atom stereocenters. The molecule has 130 valence electrons. The van der Waals surface area contributed by atoms with Crippen LogP contribution in [0.5, 0.6) is 11.5 Å². The first-order valence-corrected chi connectivity index (χ1v) is 6.72. The summed E-state index contributed by atoms with van der Waals surface area (Å²) in [4.78, 5) is 1.10. The number of ether oxygens (including phenoxy) is 1. The van der Waals surface area contributed by atoms with Crippen molar-refractivity contribution < 1.29 is 36.2 Å². The molecule has 1 aliphatic rings. The molecule has 9 heteroatoms. The maximum atomic E-state index is 13.0. The Morgan fingerprint density at radius 1 is 1.17 bits per heavy atom. The zero-order valence-corrected chi connectivity index (χ0v) is 12.1. The first kappa shape index (κ1) is 17.7. The number of halogens is 6. The second-order valence-corrected chi connectivity index (χ2v) is 5.54. The summed E-state index contributed by atoms with van der Waals surface area (Å²) >= 11 is 0. The fourth-order valence-electron chi connectivity index (χ4n) is 2.73. The van der Waals surface area contributed by atoms with Crippen molar-refractivity contribution in [3.05, 3.63) is 23.8 Å². The molecule has 23 heavy (non-hydrogen) atoms. The Morgan fingerprint density at radius 2 is 1.78 bits per heavy atom. The van der Waals surface area contributed by atoms with E-state index in [1.807, 2.05) is 0 Å². The first-order valence-electron chi connectivity index (χ1n) is 6.72. The number of hydrogen-bond donors (Lipinski definition) is 1. The van der Waals surface area contributed by atoms with Gasteiger partial charge in [-0.2, -0.15) is 26.3 Å². The van der Waals surface area contributed by atoms with Crippen molar-refractivity contribution in [2.75, 3.05) is 20.2 Å². The quantitative estimate of drug-likeness (QED) is 0.849. The second-order valence-electron chi connectivity index (χ2n) is 5.54. The maximum absolute atomic E-state index is 13.0. The molecule has 0 atom stereocenters. The molecule has 0 spiro atoms. The number of methoxy groups -OCH3 is 1. The number of likely N-dealkylation sites (tertiary alicyclic amines) is 1. The highest BCUT2D eigenvalue weighted by Gasteiger charge is 2.72. The molecule has 1 N–H and O–H groups in total. The van der Waals surface area contributed by atoms with Crippen LogP contribution in [-0.4, -0.2) is 42.6 Å². The molecule has 0 radical (unpaired) electrons. The molecule has 1 aromatic carbocycles. The third kappa shape index (κ3) is 3.19. The monoisotopic (exact) mass is 343 g/mol. The summed E-state index contributed by atoms with van der Waals surface area (Å²) in [5, 5.41) is 9.46. The Hall–Kier alpha value is -1.64. The zero-order chi connectivity index (χ0) is 17.5. The number of rotatable bonds is 3. The molecule has 1 fully saturated rings. The van der Waals surface area contributed by atoms with Crippen LogP contribution in [0.4, 0.5) is 26.3 Å². The Kier molecular flexibility index (Phi) is 4.44. The van der Waals surface area contributed by atoms with Gasteiger partial charge in [0.25, 0.3) is 0 Å². The SMILES string of the molecule is COc1cc(CN2CCC(C(F)(F)F)(C(F)(F)F)C2)ccc1O. The van der Waals surface area contributed by atoms with E-state index in [1.165, 1.54) is 25.3 Å². The Bertz CT molecular complexity index is 555. The lowest BCUT2D eigenvalue weighted by molar-refractivity contribution is -0.335. The molecule has 1 aromatic rings. The molecule has 0 aromatic heterocycles. The van der Waals surface area contributed by atoms with Crippen LogP contribution in [0.25, 0.3) is 0 Å². The van der Waals surface area contributed by atoms with Gasteiger partial charge in [0.1, 0.15) is 0 Å². The number of aromatic hydroxyl groups is 1. The van der Waals surface area contributed by atoms with Crippen LogP contribution in [-0.2, 0) is 6.54 Å². The topological polar surface area (TPSA) is 32.7 Å². The number of phenols is 1. The summed E-state index contributed by atoms with van der Waals surface area (Å²) in [5.74, 6) is -0.0443. The Balaban J connectivity index is 2.19. The van der Waals surface area contributed by atoms with Crippen LogP contribution in [0.3, 0.4) is 0 Å². The highest BCUT2D eigenvalue weighted by atomic mass is 19.4. The minimum absolute atomic E-state index is 0.0927. The van der Waals surface area contributed by atoms with E-state index in [9.17, 15) is 31.4 Å². The summed E-state index contributed by atoms with van der Waals surface area (Å²) in [5.41, 5.74) is -3.24. The lowest BCUT2D eigenvalue weighted by Gasteiger charge is -2.33. The Morgan fingerprint density at radius 3 is 2.26 bits per heavy atom. The minimum Gasteiger partial charge on any atom is -0.504 e. The van der Waals surface area contributed by atoms with E-state index in [-0.39, 0.29) is 24.6 Å². The molecule has 1 aliphatic heterocycles. The standard InChI is InChI=1S/C14H15F6NO2/c1-23-11-6-9(2-3-10(11)22)7-21-5-4-12(8-21,13(15,16)17)14(18,19)20/h2-3,6,22H,4-5,7-8H2,1H3. The van der Waals surface area contributed by atoms with Crippen LogP contribution in [0, 0.1) is 5.41 Å². The zero-order valence-electron chi connectivity index (χ0n) is 12.1.